The van der Waals surface area contributed by atoms with E-state index >= 15 is 0 Å². The fourth-order valence-electron chi connectivity index (χ4n) is 3.40. The molecule has 1 saturated carbocycles. The van der Waals surface area contributed by atoms with Gasteiger partial charge in [0, 0.05) is 0 Å². The third-order valence-electron chi connectivity index (χ3n) is 4.40. The molecule has 0 unspecified atom stereocenters. The van der Waals surface area contributed by atoms with Crippen molar-refractivity contribution in [2.24, 2.45) is 0 Å². The van der Waals surface area contributed by atoms with Gasteiger partial charge < -0.3 is 0 Å². The van der Waals surface area contributed by atoms with Crippen molar-refractivity contribution in [3.05, 3.63) is 41.5 Å². The molecule has 1 aliphatic carbocycles. The third-order valence-corrected chi connectivity index (χ3v) is 6.14. The standard InChI is InChI=1S/C15H19NO2S/c1-12-14(13-8-4-2-5-9-13)19(17,18)16-15(12)10-6-3-7-11-15/h2,4-5,8-9,16H,3,6-7,10-11H2,1H3. The Labute approximate surface area is 114 Å². The Bertz CT molecular complexity index is 611. The molecule has 0 aromatic heterocycles. The van der Waals surface area contributed by atoms with Crippen molar-refractivity contribution >= 4 is 14.9 Å². The largest absolute Gasteiger partial charge is 0.241 e. The molecule has 1 N–H and O–H groups in total. The van der Waals surface area contributed by atoms with Crippen LogP contribution < -0.4 is 4.72 Å². The normalized spacial score (nSPS) is 24.9. The summed E-state index contributed by atoms with van der Waals surface area (Å²) < 4.78 is 27.9. The lowest BCUT2D eigenvalue weighted by molar-refractivity contribution is 0.321. The van der Waals surface area contributed by atoms with Crippen LogP contribution in [-0.4, -0.2) is 14.0 Å². The third kappa shape index (κ3) is 2.03. The Balaban J connectivity index is 2.14. The summed E-state index contributed by atoms with van der Waals surface area (Å²) in [7, 11) is -3.37. The summed E-state index contributed by atoms with van der Waals surface area (Å²) in [6.45, 7) is 1.98. The SMILES string of the molecule is CC1=C(c2ccccc2)S(=O)(=O)NC12CCCCC2. The van der Waals surface area contributed by atoms with Gasteiger partial charge in [0.1, 0.15) is 0 Å². The Kier molecular flexibility index (Phi) is 3.02. The molecule has 1 fully saturated rings. The van der Waals surface area contributed by atoms with Crippen LogP contribution in [0.1, 0.15) is 44.6 Å². The van der Waals surface area contributed by atoms with Gasteiger partial charge in [-0.05, 0) is 30.9 Å². The van der Waals surface area contributed by atoms with Crippen molar-refractivity contribution in [3.8, 4) is 0 Å². The second kappa shape index (κ2) is 4.46. The van der Waals surface area contributed by atoms with Gasteiger partial charge in [-0.25, -0.2) is 13.1 Å². The second-order valence-corrected chi connectivity index (χ2v) is 7.19. The summed E-state index contributed by atoms with van der Waals surface area (Å²) in [5.74, 6) is 0. The van der Waals surface area contributed by atoms with Crippen molar-refractivity contribution in [2.45, 2.75) is 44.6 Å². The Morgan fingerprint density at radius 3 is 2.32 bits per heavy atom. The fraction of sp³-hybridized carbons (Fsp3) is 0.467. The molecule has 0 amide bonds. The highest BCUT2D eigenvalue weighted by atomic mass is 32.2. The average molecular weight is 277 g/mol. The highest BCUT2D eigenvalue weighted by molar-refractivity contribution is 7.99. The topological polar surface area (TPSA) is 46.2 Å². The molecule has 0 saturated heterocycles. The first-order valence-corrected chi connectivity index (χ1v) is 8.34. The van der Waals surface area contributed by atoms with Gasteiger partial charge in [-0.15, -0.1) is 0 Å². The maximum absolute atomic E-state index is 12.5. The molecule has 0 atom stereocenters. The lowest BCUT2D eigenvalue weighted by atomic mass is 9.77. The van der Waals surface area contributed by atoms with Crippen LogP contribution in [0, 0.1) is 0 Å². The summed E-state index contributed by atoms with van der Waals surface area (Å²) in [5.41, 5.74) is 1.48. The van der Waals surface area contributed by atoms with Gasteiger partial charge in [0.05, 0.1) is 10.4 Å². The molecular weight excluding hydrogens is 258 g/mol. The minimum Gasteiger partial charge on any atom is -0.207 e. The van der Waals surface area contributed by atoms with Crippen molar-refractivity contribution in [1.29, 1.82) is 0 Å². The van der Waals surface area contributed by atoms with Crippen LogP contribution in [-0.2, 0) is 10.0 Å². The van der Waals surface area contributed by atoms with Gasteiger partial charge in [-0.1, -0.05) is 49.6 Å². The maximum atomic E-state index is 12.5. The molecule has 2 aliphatic rings. The summed E-state index contributed by atoms with van der Waals surface area (Å²) >= 11 is 0. The van der Waals surface area contributed by atoms with Crippen LogP contribution in [0.4, 0.5) is 0 Å². The van der Waals surface area contributed by atoms with E-state index in [0.717, 1.165) is 36.8 Å². The van der Waals surface area contributed by atoms with Crippen LogP contribution >= 0.6 is 0 Å². The molecular formula is C15H19NO2S. The van der Waals surface area contributed by atoms with Gasteiger partial charge in [0.15, 0.2) is 0 Å². The Morgan fingerprint density at radius 2 is 1.68 bits per heavy atom. The fourth-order valence-corrected chi connectivity index (χ4v) is 5.42. The summed E-state index contributed by atoms with van der Waals surface area (Å²) in [6, 6.07) is 9.43. The van der Waals surface area contributed by atoms with Crippen LogP contribution in [0.3, 0.4) is 0 Å². The smallest absolute Gasteiger partial charge is 0.207 e. The number of hydrogen-bond donors (Lipinski definition) is 1. The summed E-state index contributed by atoms with van der Waals surface area (Å²) in [5, 5.41) is 0. The highest BCUT2D eigenvalue weighted by Crippen LogP contribution is 2.44. The van der Waals surface area contributed by atoms with E-state index in [1.54, 1.807) is 0 Å². The zero-order chi connectivity index (χ0) is 13.5. The van der Waals surface area contributed by atoms with E-state index in [-0.39, 0.29) is 5.54 Å². The van der Waals surface area contributed by atoms with E-state index in [1.807, 2.05) is 37.3 Å². The number of rotatable bonds is 1. The second-order valence-electron chi connectivity index (χ2n) is 5.57. The molecule has 1 spiro atoms. The lowest BCUT2D eigenvalue weighted by Gasteiger charge is -2.34. The van der Waals surface area contributed by atoms with Gasteiger partial charge in [-0.2, -0.15) is 0 Å². The first-order valence-electron chi connectivity index (χ1n) is 6.86. The van der Waals surface area contributed by atoms with Crippen molar-refractivity contribution in [3.63, 3.8) is 0 Å². The molecule has 4 heteroatoms. The summed E-state index contributed by atoms with van der Waals surface area (Å²) in [4.78, 5) is 0.495. The van der Waals surface area contributed by atoms with Crippen LogP contribution in [0.5, 0.6) is 0 Å². The van der Waals surface area contributed by atoms with E-state index in [1.165, 1.54) is 6.42 Å². The zero-order valence-electron chi connectivity index (χ0n) is 11.1. The Hall–Kier alpha value is -1.13. The number of sulfonamides is 1. The molecule has 0 radical (unpaired) electrons. The van der Waals surface area contributed by atoms with Crippen LogP contribution in [0.2, 0.25) is 0 Å². The number of hydrogen-bond acceptors (Lipinski definition) is 2. The van der Waals surface area contributed by atoms with Gasteiger partial charge >= 0.3 is 0 Å². The number of nitrogens with one attached hydrogen (secondary N) is 1. The molecule has 102 valence electrons. The van der Waals surface area contributed by atoms with Gasteiger partial charge in [0.2, 0.25) is 10.0 Å². The van der Waals surface area contributed by atoms with E-state index in [4.69, 9.17) is 0 Å². The molecule has 1 heterocycles. The van der Waals surface area contributed by atoms with E-state index < -0.39 is 10.0 Å². The quantitative estimate of drug-likeness (QED) is 0.857. The minimum absolute atomic E-state index is 0.317. The van der Waals surface area contributed by atoms with Crippen molar-refractivity contribution in [2.75, 3.05) is 0 Å². The average Bonchev–Trinajstić information content (AvgIpc) is 2.58. The van der Waals surface area contributed by atoms with Gasteiger partial charge in [0.25, 0.3) is 0 Å². The van der Waals surface area contributed by atoms with Crippen molar-refractivity contribution in [1.82, 2.24) is 4.72 Å². The number of benzene rings is 1. The molecule has 1 aromatic rings. The first-order chi connectivity index (χ1) is 9.05. The van der Waals surface area contributed by atoms with E-state index in [0.29, 0.717) is 4.91 Å². The zero-order valence-corrected chi connectivity index (χ0v) is 12.0. The molecule has 1 aliphatic heterocycles. The van der Waals surface area contributed by atoms with Gasteiger partial charge in [-0.3, -0.25) is 0 Å². The van der Waals surface area contributed by atoms with Crippen molar-refractivity contribution < 1.29 is 8.42 Å². The monoisotopic (exact) mass is 277 g/mol. The maximum Gasteiger partial charge on any atom is 0.241 e. The predicted molar refractivity (Wildman–Crippen MR) is 76.9 cm³/mol. The molecule has 19 heavy (non-hydrogen) atoms. The lowest BCUT2D eigenvalue weighted by Crippen LogP contribution is -2.45. The predicted octanol–water partition coefficient (Wildman–Crippen LogP) is 3.05. The molecule has 3 nitrogen and oxygen atoms in total. The summed E-state index contributed by atoms with van der Waals surface area (Å²) in [6.07, 6.45) is 5.25. The van der Waals surface area contributed by atoms with Crippen LogP contribution in [0.25, 0.3) is 4.91 Å². The molecule has 0 bridgehead atoms. The van der Waals surface area contributed by atoms with E-state index in [9.17, 15) is 8.42 Å². The first kappa shape index (κ1) is 12.9. The molecule has 1 aromatic carbocycles. The highest BCUT2D eigenvalue weighted by Gasteiger charge is 2.46. The van der Waals surface area contributed by atoms with Crippen LogP contribution in [0.15, 0.2) is 35.9 Å². The molecule has 3 rings (SSSR count). The minimum atomic E-state index is -3.37. The van der Waals surface area contributed by atoms with E-state index in [2.05, 4.69) is 4.72 Å². The Morgan fingerprint density at radius 1 is 1.05 bits per heavy atom.